The van der Waals surface area contributed by atoms with Crippen LogP contribution < -0.4 is 15.4 Å². The van der Waals surface area contributed by atoms with Gasteiger partial charge in [0, 0.05) is 15.0 Å². The highest BCUT2D eigenvalue weighted by molar-refractivity contribution is 9.10. The third-order valence-corrected chi connectivity index (χ3v) is 8.27. The Kier molecular flexibility index (Phi) is 7.14. The molecule has 0 fully saturated rings. The Morgan fingerprint density at radius 3 is 2.38 bits per heavy atom. The van der Waals surface area contributed by atoms with Crippen LogP contribution in [-0.4, -0.2) is 18.9 Å². The molecular formula is C27H29BrN2O3S. The molecule has 0 bridgehead atoms. The third-order valence-electron chi connectivity index (χ3n) is 6.41. The quantitative estimate of drug-likeness (QED) is 0.360. The Morgan fingerprint density at radius 2 is 1.74 bits per heavy atom. The zero-order valence-corrected chi connectivity index (χ0v) is 22.2. The standard InChI is InChI=1S/C27H29BrN2O3S/c1-27(2,3)16-9-14-20-22(15-16)34-26(30-24(31)19-7-5-6-8-21(19)28)23(20)25(32)29-17-10-12-18(33-4)13-11-17/h5-8,10-13,16H,9,14-15H2,1-4H3,(H,29,32)(H,30,31). The van der Waals surface area contributed by atoms with Gasteiger partial charge < -0.3 is 15.4 Å². The molecule has 2 aromatic carbocycles. The molecule has 7 heteroatoms. The first-order chi connectivity index (χ1) is 16.2. The maximum absolute atomic E-state index is 13.5. The highest BCUT2D eigenvalue weighted by Crippen LogP contribution is 2.44. The van der Waals surface area contributed by atoms with Gasteiger partial charge >= 0.3 is 0 Å². The number of hydrogen-bond donors (Lipinski definition) is 2. The number of methoxy groups -OCH3 is 1. The monoisotopic (exact) mass is 540 g/mol. The number of rotatable bonds is 5. The molecule has 178 valence electrons. The van der Waals surface area contributed by atoms with Gasteiger partial charge in [-0.15, -0.1) is 11.3 Å². The normalized spacial score (nSPS) is 15.4. The molecule has 1 aromatic heterocycles. The van der Waals surface area contributed by atoms with E-state index in [-0.39, 0.29) is 17.2 Å². The van der Waals surface area contributed by atoms with E-state index in [1.54, 1.807) is 13.2 Å². The number of anilines is 2. The van der Waals surface area contributed by atoms with Crippen LogP contribution in [0.15, 0.2) is 53.0 Å². The molecule has 5 nitrogen and oxygen atoms in total. The fourth-order valence-electron chi connectivity index (χ4n) is 4.34. The fraction of sp³-hybridized carbons (Fsp3) is 0.333. The van der Waals surface area contributed by atoms with E-state index in [2.05, 4.69) is 47.3 Å². The average molecular weight is 542 g/mol. The molecule has 2 amide bonds. The minimum Gasteiger partial charge on any atom is -0.497 e. The molecule has 1 atom stereocenters. The summed E-state index contributed by atoms with van der Waals surface area (Å²) >= 11 is 4.98. The van der Waals surface area contributed by atoms with Gasteiger partial charge in [-0.1, -0.05) is 32.9 Å². The summed E-state index contributed by atoms with van der Waals surface area (Å²) in [5, 5.41) is 6.64. The number of fused-ring (bicyclic) bond motifs is 1. The predicted octanol–water partition coefficient (Wildman–Crippen LogP) is 7.17. The summed E-state index contributed by atoms with van der Waals surface area (Å²) in [5.41, 5.74) is 3.02. The van der Waals surface area contributed by atoms with Crippen LogP contribution in [0.4, 0.5) is 10.7 Å². The third kappa shape index (κ3) is 5.20. The highest BCUT2D eigenvalue weighted by atomic mass is 79.9. The van der Waals surface area contributed by atoms with Crippen molar-refractivity contribution in [2.24, 2.45) is 11.3 Å². The second kappa shape index (κ2) is 9.92. The average Bonchev–Trinajstić information content (AvgIpc) is 3.16. The molecule has 0 saturated heterocycles. The Morgan fingerprint density at radius 1 is 1.03 bits per heavy atom. The van der Waals surface area contributed by atoms with Crippen LogP contribution >= 0.6 is 27.3 Å². The molecule has 3 aromatic rings. The first-order valence-corrected chi connectivity index (χ1v) is 12.9. The minimum atomic E-state index is -0.239. The summed E-state index contributed by atoms with van der Waals surface area (Å²) in [6.45, 7) is 6.80. The van der Waals surface area contributed by atoms with E-state index in [0.29, 0.717) is 32.2 Å². The Balaban J connectivity index is 1.68. The van der Waals surface area contributed by atoms with Crippen LogP contribution in [0, 0.1) is 11.3 Å². The van der Waals surface area contributed by atoms with Crippen LogP contribution in [0.2, 0.25) is 0 Å². The first-order valence-electron chi connectivity index (χ1n) is 11.3. The predicted molar refractivity (Wildman–Crippen MR) is 142 cm³/mol. The number of nitrogens with one attached hydrogen (secondary N) is 2. The maximum atomic E-state index is 13.5. The summed E-state index contributed by atoms with van der Waals surface area (Å²) in [4.78, 5) is 27.8. The Hall–Kier alpha value is -2.64. The smallest absolute Gasteiger partial charge is 0.258 e. The van der Waals surface area contributed by atoms with Crippen molar-refractivity contribution in [1.82, 2.24) is 0 Å². The zero-order chi connectivity index (χ0) is 24.5. The molecule has 0 radical (unpaired) electrons. The van der Waals surface area contributed by atoms with Gasteiger partial charge in [-0.2, -0.15) is 0 Å². The molecule has 0 aliphatic heterocycles. The molecule has 0 saturated carbocycles. The molecular weight excluding hydrogens is 512 g/mol. The van der Waals surface area contributed by atoms with Crippen molar-refractivity contribution in [3.05, 3.63) is 74.6 Å². The molecule has 4 rings (SSSR count). The number of amides is 2. The van der Waals surface area contributed by atoms with E-state index < -0.39 is 0 Å². The van der Waals surface area contributed by atoms with Crippen molar-refractivity contribution in [3.8, 4) is 5.75 Å². The molecule has 2 N–H and O–H groups in total. The van der Waals surface area contributed by atoms with E-state index in [1.807, 2.05) is 42.5 Å². The van der Waals surface area contributed by atoms with Crippen LogP contribution in [0.5, 0.6) is 5.75 Å². The Bertz CT molecular complexity index is 1210. The van der Waals surface area contributed by atoms with Crippen molar-refractivity contribution in [3.63, 3.8) is 0 Å². The van der Waals surface area contributed by atoms with E-state index >= 15 is 0 Å². The van der Waals surface area contributed by atoms with Gasteiger partial charge in [-0.25, -0.2) is 0 Å². The Labute approximate surface area is 213 Å². The van der Waals surface area contributed by atoms with Gasteiger partial charge in [-0.3, -0.25) is 9.59 Å². The second-order valence-corrected chi connectivity index (χ2v) is 11.6. The lowest BCUT2D eigenvalue weighted by Crippen LogP contribution is -2.27. The van der Waals surface area contributed by atoms with E-state index in [9.17, 15) is 9.59 Å². The minimum absolute atomic E-state index is 0.186. The molecule has 1 heterocycles. The molecule has 1 aliphatic rings. The lowest BCUT2D eigenvalue weighted by Gasteiger charge is -2.33. The van der Waals surface area contributed by atoms with Gasteiger partial charge in [0.1, 0.15) is 10.8 Å². The van der Waals surface area contributed by atoms with Gasteiger partial charge in [0.15, 0.2) is 0 Å². The summed E-state index contributed by atoms with van der Waals surface area (Å²) in [6, 6.07) is 14.5. The first kappa shape index (κ1) is 24.5. The lowest BCUT2D eigenvalue weighted by atomic mass is 9.72. The van der Waals surface area contributed by atoms with Crippen molar-refractivity contribution in [1.29, 1.82) is 0 Å². The van der Waals surface area contributed by atoms with Crippen LogP contribution in [0.1, 0.15) is 58.3 Å². The summed E-state index contributed by atoms with van der Waals surface area (Å²) in [5.74, 6) is 0.805. The van der Waals surface area contributed by atoms with Crippen LogP contribution in [-0.2, 0) is 12.8 Å². The summed E-state index contributed by atoms with van der Waals surface area (Å²) in [6.07, 6.45) is 2.76. The second-order valence-electron chi connectivity index (χ2n) is 9.63. The number of carbonyl (C=O) groups excluding carboxylic acids is 2. The van der Waals surface area contributed by atoms with Gasteiger partial charge in [0.05, 0.1) is 18.2 Å². The van der Waals surface area contributed by atoms with Gasteiger partial charge in [0.25, 0.3) is 11.8 Å². The number of hydrogen-bond acceptors (Lipinski definition) is 4. The number of ether oxygens (including phenoxy) is 1. The van der Waals surface area contributed by atoms with Crippen molar-refractivity contribution in [2.45, 2.75) is 40.0 Å². The van der Waals surface area contributed by atoms with Crippen LogP contribution in [0.3, 0.4) is 0 Å². The van der Waals surface area contributed by atoms with E-state index in [4.69, 9.17) is 4.74 Å². The van der Waals surface area contributed by atoms with Crippen molar-refractivity contribution in [2.75, 3.05) is 17.7 Å². The van der Waals surface area contributed by atoms with E-state index in [1.165, 1.54) is 16.2 Å². The number of halogens is 1. The lowest BCUT2D eigenvalue weighted by molar-refractivity contribution is 0.102. The van der Waals surface area contributed by atoms with Gasteiger partial charge in [-0.05, 0) is 88.5 Å². The molecule has 1 aliphatic carbocycles. The molecule has 1 unspecified atom stereocenters. The van der Waals surface area contributed by atoms with E-state index in [0.717, 1.165) is 30.6 Å². The largest absolute Gasteiger partial charge is 0.497 e. The summed E-state index contributed by atoms with van der Waals surface area (Å²) < 4.78 is 5.92. The van der Waals surface area contributed by atoms with Crippen LogP contribution in [0.25, 0.3) is 0 Å². The SMILES string of the molecule is COc1ccc(NC(=O)c2c(NC(=O)c3ccccc3Br)sc3c2CCC(C(C)(C)C)C3)cc1. The van der Waals surface area contributed by atoms with Gasteiger partial charge in [0.2, 0.25) is 0 Å². The fourth-order valence-corrected chi connectivity index (χ4v) is 6.12. The number of thiophene rings is 1. The molecule has 34 heavy (non-hydrogen) atoms. The number of benzene rings is 2. The highest BCUT2D eigenvalue weighted by Gasteiger charge is 2.34. The van der Waals surface area contributed by atoms with Crippen molar-refractivity contribution < 1.29 is 14.3 Å². The zero-order valence-electron chi connectivity index (χ0n) is 19.8. The van der Waals surface area contributed by atoms with Crippen molar-refractivity contribution >= 4 is 49.8 Å². The summed E-state index contributed by atoms with van der Waals surface area (Å²) in [7, 11) is 1.61. The maximum Gasteiger partial charge on any atom is 0.258 e. The molecule has 0 spiro atoms. The number of carbonyl (C=O) groups is 2. The topological polar surface area (TPSA) is 67.4 Å².